The van der Waals surface area contributed by atoms with Crippen LogP contribution in [0.1, 0.15) is 32.6 Å². The fourth-order valence-electron chi connectivity index (χ4n) is 3.16. The Morgan fingerprint density at radius 3 is 2.16 bits per heavy atom. The van der Waals surface area contributed by atoms with Crippen LogP contribution in [-0.2, 0) is 12.8 Å². The number of methoxy groups -OCH3 is 1. The van der Waals surface area contributed by atoms with Gasteiger partial charge in [0.2, 0.25) is 0 Å². The molecule has 1 amide bonds. The average Bonchev–Trinajstić information content (AvgIpc) is 2.71. The van der Waals surface area contributed by atoms with Gasteiger partial charge in [-0.15, -0.1) is 0 Å². The van der Waals surface area contributed by atoms with Gasteiger partial charge in [0.1, 0.15) is 18.1 Å². The Hall–Kier alpha value is -3.48. The van der Waals surface area contributed by atoms with Gasteiger partial charge >= 0.3 is 6.18 Å². The van der Waals surface area contributed by atoms with Crippen LogP contribution in [0.15, 0.2) is 60.7 Å². The molecule has 162 valence electrons. The normalized spacial score (nSPS) is 11.2. The first-order chi connectivity index (χ1) is 14.7. The molecule has 0 unspecified atom stereocenters. The number of benzene rings is 3. The fourth-order valence-corrected chi connectivity index (χ4v) is 3.16. The lowest BCUT2D eigenvalue weighted by Crippen LogP contribution is -2.13. The minimum Gasteiger partial charge on any atom is -0.496 e. The van der Waals surface area contributed by atoms with Crippen LogP contribution < -0.4 is 14.8 Å². The summed E-state index contributed by atoms with van der Waals surface area (Å²) in [5.74, 6) is 0.824. The van der Waals surface area contributed by atoms with Crippen LogP contribution >= 0.6 is 0 Å². The second kappa shape index (κ2) is 9.12. The number of aryl methyl sites for hydroxylation is 2. The zero-order chi connectivity index (χ0) is 22.6. The van der Waals surface area contributed by atoms with E-state index in [4.69, 9.17) is 9.47 Å². The van der Waals surface area contributed by atoms with Gasteiger partial charge in [0.25, 0.3) is 5.91 Å². The zero-order valence-electron chi connectivity index (χ0n) is 17.3. The van der Waals surface area contributed by atoms with Crippen LogP contribution in [0.2, 0.25) is 0 Å². The van der Waals surface area contributed by atoms with Crippen molar-refractivity contribution in [1.82, 2.24) is 0 Å². The Morgan fingerprint density at radius 1 is 0.935 bits per heavy atom. The second-order valence-corrected chi connectivity index (χ2v) is 7.17. The lowest BCUT2D eigenvalue weighted by atomic mass is 10.1. The van der Waals surface area contributed by atoms with E-state index in [0.29, 0.717) is 22.6 Å². The van der Waals surface area contributed by atoms with Gasteiger partial charge in [-0.3, -0.25) is 4.79 Å². The highest BCUT2D eigenvalue weighted by Crippen LogP contribution is 2.30. The predicted octanol–water partition coefficient (Wildman–Crippen LogP) is 6.16. The Labute approximate surface area is 178 Å². The molecule has 0 aliphatic heterocycles. The van der Waals surface area contributed by atoms with E-state index in [0.717, 1.165) is 23.3 Å². The van der Waals surface area contributed by atoms with Gasteiger partial charge in [-0.25, -0.2) is 0 Å². The van der Waals surface area contributed by atoms with Crippen molar-refractivity contribution in [2.45, 2.75) is 26.6 Å². The van der Waals surface area contributed by atoms with E-state index in [1.807, 2.05) is 32.0 Å². The highest BCUT2D eigenvalue weighted by atomic mass is 19.4. The van der Waals surface area contributed by atoms with Crippen molar-refractivity contribution in [2.75, 3.05) is 12.4 Å². The highest BCUT2D eigenvalue weighted by molar-refractivity contribution is 6.04. The third-order valence-electron chi connectivity index (χ3n) is 4.60. The number of carbonyl (C=O) groups is 1. The minimum absolute atomic E-state index is 0.188. The number of hydrogen-bond donors (Lipinski definition) is 1. The Bertz CT molecular complexity index is 1060. The lowest BCUT2D eigenvalue weighted by molar-refractivity contribution is -0.137. The van der Waals surface area contributed by atoms with Crippen molar-refractivity contribution >= 4 is 11.6 Å². The number of rotatable bonds is 6. The van der Waals surface area contributed by atoms with Crippen molar-refractivity contribution < 1.29 is 27.4 Å². The summed E-state index contributed by atoms with van der Waals surface area (Å²) in [6, 6.07) is 15.0. The van der Waals surface area contributed by atoms with Crippen LogP contribution in [0.25, 0.3) is 0 Å². The molecule has 0 heterocycles. The molecule has 4 nitrogen and oxygen atoms in total. The van der Waals surface area contributed by atoms with Crippen LogP contribution in [0.5, 0.6) is 11.5 Å². The SMILES string of the molecule is COc1ccc(C(=O)Nc2ccc(C(F)(F)F)cc2)cc1COc1cc(C)cc(C)c1. The number of nitrogens with one attached hydrogen (secondary N) is 1. The molecule has 1 N–H and O–H groups in total. The smallest absolute Gasteiger partial charge is 0.416 e. The first-order valence-corrected chi connectivity index (χ1v) is 9.52. The molecule has 0 radical (unpaired) electrons. The Balaban J connectivity index is 1.75. The van der Waals surface area contributed by atoms with Crippen LogP contribution in [0.4, 0.5) is 18.9 Å². The molecule has 0 aliphatic carbocycles. The number of alkyl halides is 3. The number of ether oxygens (including phenoxy) is 2. The number of carbonyl (C=O) groups excluding carboxylic acids is 1. The maximum Gasteiger partial charge on any atom is 0.416 e. The Morgan fingerprint density at radius 2 is 1.58 bits per heavy atom. The topological polar surface area (TPSA) is 47.6 Å². The maximum absolute atomic E-state index is 12.7. The van der Waals surface area contributed by atoms with Crippen LogP contribution in [0, 0.1) is 13.8 Å². The first kappa shape index (κ1) is 22.2. The molecule has 0 aliphatic rings. The van der Waals surface area contributed by atoms with Gasteiger partial charge < -0.3 is 14.8 Å². The van der Waals surface area contributed by atoms with Gasteiger partial charge in [-0.2, -0.15) is 13.2 Å². The molecule has 0 saturated heterocycles. The Kier molecular flexibility index (Phi) is 6.53. The quantitative estimate of drug-likeness (QED) is 0.510. The van der Waals surface area contributed by atoms with E-state index < -0.39 is 17.6 Å². The molecule has 3 aromatic carbocycles. The molecule has 3 rings (SSSR count). The summed E-state index contributed by atoms with van der Waals surface area (Å²) in [6.07, 6.45) is -4.43. The molecule has 0 bridgehead atoms. The standard InChI is InChI=1S/C24H22F3NO3/c1-15-10-16(2)12-21(11-15)31-14-18-13-17(4-9-22(18)30-3)23(29)28-20-7-5-19(6-8-20)24(25,26)27/h4-13H,14H2,1-3H3,(H,28,29). The summed E-state index contributed by atoms with van der Waals surface area (Å²) in [4.78, 5) is 12.6. The summed E-state index contributed by atoms with van der Waals surface area (Å²) in [5.41, 5.74) is 2.64. The van der Waals surface area contributed by atoms with E-state index in [1.54, 1.807) is 18.2 Å². The summed E-state index contributed by atoms with van der Waals surface area (Å²) < 4.78 is 49.3. The van der Waals surface area contributed by atoms with E-state index in [2.05, 4.69) is 5.32 Å². The van der Waals surface area contributed by atoms with Crippen molar-refractivity contribution in [3.05, 3.63) is 88.5 Å². The highest BCUT2D eigenvalue weighted by Gasteiger charge is 2.30. The summed E-state index contributed by atoms with van der Waals surface area (Å²) in [7, 11) is 1.53. The average molecular weight is 429 g/mol. The first-order valence-electron chi connectivity index (χ1n) is 9.52. The van der Waals surface area contributed by atoms with Crippen molar-refractivity contribution in [1.29, 1.82) is 0 Å². The van der Waals surface area contributed by atoms with E-state index >= 15 is 0 Å². The van der Waals surface area contributed by atoms with E-state index in [-0.39, 0.29) is 12.3 Å². The third kappa shape index (κ3) is 5.78. The van der Waals surface area contributed by atoms with Crippen molar-refractivity contribution in [3.8, 4) is 11.5 Å². The number of hydrogen-bond acceptors (Lipinski definition) is 3. The van der Waals surface area contributed by atoms with Gasteiger partial charge in [0.05, 0.1) is 12.7 Å². The number of anilines is 1. The number of amides is 1. The van der Waals surface area contributed by atoms with Crippen molar-refractivity contribution in [2.24, 2.45) is 0 Å². The van der Waals surface area contributed by atoms with Gasteiger partial charge in [-0.05, 0) is 79.6 Å². The van der Waals surface area contributed by atoms with E-state index in [1.165, 1.54) is 19.2 Å². The second-order valence-electron chi connectivity index (χ2n) is 7.17. The molecule has 0 atom stereocenters. The lowest BCUT2D eigenvalue weighted by Gasteiger charge is -2.13. The van der Waals surface area contributed by atoms with Gasteiger partial charge in [0, 0.05) is 16.8 Å². The molecular weight excluding hydrogens is 407 g/mol. The summed E-state index contributed by atoms with van der Waals surface area (Å²) >= 11 is 0. The van der Waals surface area contributed by atoms with Crippen molar-refractivity contribution in [3.63, 3.8) is 0 Å². The van der Waals surface area contributed by atoms with Crippen LogP contribution in [0.3, 0.4) is 0 Å². The maximum atomic E-state index is 12.7. The third-order valence-corrected chi connectivity index (χ3v) is 4.60. The molecule has 0 saturated carbocycles. The predicted molar refractivity (Wildman–Crippen MR) is 113 cm³/mol. The molecular formula is C24H22F3NO3. The molecule has 0 spiro atoms. The summed E-state index contributed by atoms with van der Waals surface area (Å²) in [6.45, 7) is 4.15. The fraction of sp³-hybridized carbons (Fsp3) is 0.208. The molecule has 3 aromatic rings. The minimum atomic E-state index is -4.43. The molecule has 31 heavy (non-hydrogen) atoms. The number of halogens is 3. The largest absolute Gasteiger partial charge is 0.496 e. The van der Waals surface area contributed by atoms with Crippen LogP contribution in [-0.4, -0.2) is 13.0 Å². The van der Waals surface area contributed by atoms with Gasteiger partial charge in [-0.1, -0.05) is 6.07 Å². The van der Waals surface area contributed by atoms with E-state index in [9.17, 15) is 18.0 Å². The summed E-state index contributed by atoms with van der Waals surface area (Å²) in [5, 5.41) is 2.60. The zero-order valence-corrected chi connectivity index (χ0v) is 17.3. The van der Waals surface area contributed by atoms with Gasteiger partial charge in [0.15, 0.2) is 0 Å². The monoisotopic (exact) mass is 429 g/mol. The molecule has 0 fully saturated rings. The molecule has 0 aromatic heterocycles. The molecule has 7 heteroatoms.